The predicted molar refractivity (Wildman–Crippen MR) is 107 cm³/mol. The van der Waals surface area contributed by atoms with E-state index in [-0.39, 0.29) is 5.41 Å². The highest BCUT2D eigenvalue weighted by Crippen LogP contribution is 2.29. The summed E-state index contributed by atoms with van der Waals surface area (Å²) in [6.45, 7) is 8.57. The number of anilines is 2. The Hall–Kier alpha value is -2.59. The molecule has 4 nitrogen and oxygen atoms in total. The summed E-state index contributed by atoms with van der Waals surface area (Å²) in [4.78, 5) is 0. The highest BCUT2D eigenvalue weighted by Gasteiger charge is 2.22. The summed E-state index contributed by atoms with van der Waals surface area (Å²) < 4.78 is 2.11. The molecule has 0 aliphatic carbocycles. The van der Waals surface area contributed by atoms with E-state index in [1.54, 1.807) is 0 Å². The van der Waals surface area contributed by atoms with Gasteiger partial charge in [0.05, 0.1) is 11.4 Å². The van der Waals surface area contributed by atoms with Crippen molar-refractivity contribution >= 4 is 11.5 Å². The third-order valence-electron chi connectivity index (χ3n) is 4.94. The second kappa shape index (κ2) is 6.61. The molecule has 1 aromatic heterocycles. The molecule has 2 N–H and O–H groups in total. The minimum Gasteiger partial charge on any atom is -0.338 e. The van der Waals surface area contributed by atoms with Gasteiger partial charge in [0, 0.05) is 30.8 Å². The van der Waals surface area contributed by atoms with Gasteiger partial charge in [0.25, 0.3) is 0 Å². The van der Waals surface area contributed by atoms with Crippen LogP contribution in [0.15, 0.2) is 54.6 Å². The lowest BCUT2D eigenvalue weighted by Gasteiger charge is -2.20. The Morgan fingerprint density at radius 3 is 2.42 bits per heavy atom. The Labute approximate surface area is 155 Å². The molecule has 2 heterocycles. The van der Waals surface area contributed by atoms with E-state index in [1.165, 1.54) is 16.8 Å². The number of hydrogen-bond donors (Lipinski definition) is 2. The Morgan fingerprint density at radius 1 is 1.00 bits per heavy atom. The van der Waals surface area contributed by atoms with Gasteiger partial charge in [-0.2, -0.15) is 0 Å². The highest BCUT2D eigenvalue weighted by atomic mass is 15.3. The van der Waals surface area contributed by atoms with Gasteiger partial charge >= 0.3 is 0 Å². The molecule has 0 unspecified atom stereocenters. The van der Waals surface area contributed by atoms with E-state index in [4.69, 9.17) is 5.10 Å². The first-order chi connectivity index (χ1) is 12.5. The van der Waals surface area contributed by atoms with Crippen LogP contribution in [0.2, 0.25) is 0 Å². The summed E-state index contributed by atoms with van der Waals surface area (Å²) in [7, 11) is 0. The van der Waals surface area contributed by atoms with Crippen LogP contribution in [0.3, 0.4) is 0 Å². The van der Waals surface area contributed by atoms with Crippen LogP contribution in [-0.2, 0) is 18.4 Å². The number of hydrogen-bond acceptors (Lipinski definition) is 3. The molecule has 0 atom stereocenters. The Bertz CT molecular complexity index is 886. The molecule has 2 aromatic carbocycles. The lowest BCUT2D eigenvalue weighted by molar-refractivity contribution is 0.589. The molecule has 3 aromatic rings. The number of para-hydroxylation sites is 1. The molecule has 1 aliphatic heterocycles. The first kappa shape index (κ1) is 16.9. The minimum absolute atomic E-state index is 0.159. The maximum atomic E-state index is 4.91. The number of benzene rings is 2. The lowest BCUT2D eigenvalue weighted by Crippen LogP contribution is -2.24. The van der Waals surface area contributed by atoms with Crippen LogP contribution >= 0.6 is 0 Å². The van der Waals surface area contributed by atoms with E-state index in [9.17, 15) is 0 Å². The van der Waals surface area contributed by atoms with E-state index < -0.39 is 0 Å². The van der Waals surface area contributed by atoms with Gasteiger partial charge in [0.2, 0.25) is 0 Å². The van der Waals surface area contributed by atoms with Crippen LogP contribution in [-0.4, -0.2) is 16.3 Å². The van der Waals surface area contributed by atoms with Crippen LogP contribution in [0.1, 0.15) is 37.6 Å². The van der Waals surface area contributed by atoms with Crippen molar-refractivity contribution in [2.45, 2.75) is 39.2 Å². The first-order valence-corrected chi connectivity index (χ1v) is 9.27. The largest absolute Gasteiger partial charge is 0.338 e. The Balaban J connectivity index is 1.72. The van der Waals surface area contributed by atoms with Crippen LogP contribution in [0.4, 0.5) is 11.5 Å². The maximum absolute atomic E-state index is 4.91. The zero-order valence-electron chi connectivity index (χ0n) is 15.7. The lowest BCUT2D eigenvalue weighted by atomic mass is 9.87. The smallest absolute Gasteiger partial charge is 0.157 e. The fraction of sp³-hybridized carbons (Fsp3) is 0.318. The molecule has 0 bridgehead atoms. The van der Waals surface area contributed by atoms with Gasteiger partial charge in [0.15, 0.2) is 5.82 Å². The quantitative estimate of drug-likeness (QED) is 0.730. The van der Waals surface area contributed by atoms with E-state index in [1.807, 2.05) is 18.2 Å². The second-order valence-corrected chi connectivity index (χ2v) is 7.90. The van der Waals surface area contributed by atoms with Crippen molar-refractivity contribution in [1.82, 2.24) is 15.1 Å². The monoisotopic (exact) mass is 346 g/mol. The van der Waals surface area contributed by atoms with Crippen molar-refractivity contribution in [3.8, 4) is 5.69 Å². The molecule has 4 rings (SSSR count). The van der Waals surface area contributed by atoms with Crippen molar-refractivity contribution < 1.29 is 0 Å². The first-order valence-electron chi connectivity index (χ1n) is 9.27. The summed E-state index contributed by atoms with van der Waals surface area (Å²) in [5.41, 5.74) is 6.24. The van der Waals surface area contributed by atoms with Crippen molar-refractivity contribution in [3.05, 3.63) is 71.4 Å². The summed E-state index contributed by atoms with van der Waals surface area (Å²) in [5, 5.41) is 11.9. The van der Waals surface area contributed by atoms with E-state index in [2.05, 4.69) is 72.5 Å². The van der Waals surface area contributed by atoms with Crippen LogP contribution in [0.25, 0.3) is 5.69 Å². The predicted octanol–water partition coefficient (Wildman–Crippen LogP) is 4.56. The normalized spacial score (nSPS) is 14.1. The van der Waals surface area contributed by atoms with Crippen LogP contribution < -0.4 is 10.6 Å². The number of aromatic nitrogens is 2. The number of nitrogens with one attached hydrogen (secondary N) is 2. The summed E-state index contributed by atoms with van der Waals surface area (Å²) in [5.74, 6) is 0.943. The molecular weight excluding hydrogens is 320 g/mol. The standard InChI is InChI=1S/C22H26N4/c1-22(2,3)16-9-11-18(12-10-16)26-20-13-14-23-15-19(20)21(25-26)24-17-7-5-4-6-8-17/h4-12,23H,13-15H2,1-3H3,(H,24,25). The van der Waals surface area contributed by atoms with Crippen LogP contribution in [0, 0.1) is 0 Å². The van der Waals surface area contributed by atoms with Crippen molar-refractivity contribution in [2.24, 2.45) is 0 Å². The van der Waals surface area contributed by atoms with E-state index in [0.29, 0.717) is 0 Å². The molecule has 0 radical (unpaired) electrons. The topological polar surface area (TPSA) is 41.9 Å². The molecule has 0 saturated heterocycles. The molecule has 0 saturated carbocycles. The fourth-order valence-electron chi connectivity index (χ4n) is 3.42. The number of nitrogens with zero attached hydrogens (tertiary/aromatic N) is 2. The van der Waals surface area contributed by atoms with Gasteiger partial charge in [-0.1, -0.05) is 51.1 Å². The van der Waals surface area contributed by atoms with Crippen LogP contribution in [0.5, 0.6) is 0 Å². The molecule has 0 fully saturated rings. The van der Waals surface area contributed by atoms with Gasteiger partial charge in [-0.25, -0.2) is 4.68 Å². The zero-order valence-corrected chi connectivity index (χ0v) is 15.7. The van der Waals surface area contributed by atoms with E-state index >= 15 is 0 Å². The summed E-state index contributed by atoms with van der Waals surface area (Å²) in [6.07, 6.45) is 0.986. The SMILES string of the molecule is CC(C)(C)c1ccc(-n2nc(Nc3ccccc3)c3c2CCNC3)cc1. The average molecular weight is 346 g/mol. The number of rotatable bonds is 3. The molecule has 134 valence electrons. The van der Waals surface area contributed by atoms with Crippen molar-refractivity contribution in [2.75, 3.05) is 11.9 Å². The van der Waals surface area contributed by atoms with Gasteiger partial charge in [-0.3, -0.25) is 0 Å². The minimum atomic E-state index is 0.159. The second-order valence-electron chi connectivity index (χ2n) is 7.90. The summed E-state index contributed by atoms with van der Waals surface area (Å²) >= 11 is 0. The van der Waals surface area contributed by atoms with Gasteiger partial charge in [-0.15, -0.1) is 5.10 Å². The zero-order chi connectivity index (χ0) is 18.1. The van der Waals surface area contributed by atoms with Crippen molar-refractivity contribution in [1.29, 1.82) is 0 Å². The third kappa shape index (κ3) is 3.25. The fourth-order valence-corrected chi connectivity index (χ4v) is 3.42. The van der Waals surface area contributed by atoms with Crippen molar-refractivity contribution in [3.63, 3.8) is 0 Å². The molecule has 0 spiro atoms. The Kier molecular flexibility index (Phi) is 4.29. The summed E-state index contributed by atoms with van der Waals surface area (Å²) in [6, 6.07) is 19.0. The highest BCUT2D eigenvalue weighted by molar-refractivity contribution is 5.61. The molecule has 0 amide bonds. The number of fused-ring (bicyclic) bond motifs is 1. The third-order valence-corrected chi connectivity index (χ3v) is 4.94. The maximum Gasteiger partial charge on any atom is 0.157 e. The Morgan fingerprint density at radius 2 is 1.73 bits per heavy atom. The van der Waals surface area contributed by atoms with E-state index in [0.717, 1.165) is 36.7 Å². The molecule has 4 heteroatoms. The van der Waals surface area contributed by atoms with Gasteiger partial charge in [-0.05, 0) is 35.2 Å². The molecule has 26 heavy (non-hydrogen) atoms. The van der Waals surface area contributed by atoms with Gasteiger partial charge in [0.1, 0.15) is 0 Å². The molecular formula is C22H26N4. The molecule has 1 aliphatic rings. The average Bonchev–Trinajstić information content (AvgIpc) is 3.01. The van der Waals surface area contributed by atoms with Gasteiger partial charge < -0.3 is 10.6 Å².